The van der Waals surface area contributed by atoms with E-state index in [9.17, 15) is 9.28 Å². The highest BCUT2D eigenvalue weighted by Crippen LogP contribution is 2.13. The number of carbonyl (C=O) groups excluding carboxylic acids is 1. The molecule has 0 fully saturated rings. The molecule has 0 saturated heterocycles. The molecule has 0 heterocycles. The summed E-state index contributed by atoms with van der Waals surface area (Å²) in [5.41, 5.74) is 0.247. The summed E-state index contributed by atoms with van der Waals surface area (Å²) in [6, 6.07) is 8.81. The van der Waals surface area contributed by atoms with Crippen molar-refractivity contribution in [2.75, 3.05) is 0 Å². The minimum absolute atomic E-state index is 0.0880. The summed E-state index contributed by atoms with van der Waals surface area (Å²) in [6.07, 6.45) is 2.40. The molecule has 0 aliphatic heterocycles. The highest BCUT2D eigenvalue weighted by molar-refractivity contribution is 5.67. The van der Waals surface area contributed by atoms with Crippen LogP contribution in [0.2, 0.25) is 0 Å². The molecule has 1 atom stereocenters. The molecule has 19 heavy (non-hydrogen) atoms. The third-order valence-electron chi connectivity index (χ3n) is 2.29. The van der Waals surface area contributed by atoms with Crippen LogP contribution in [0.5, 0.6) is 0 Å². The predicted octanol–water partition coefficient (Wildman–Crippen LogP) is 4.21. The minimum Gasteiger partial charge on any atom is -0.442 e. The van der Waals surface area contributed by atoms with Crippen LogP contribution >= 0.6 is 0 Å². The topological polar surface area (TPSA) is 29.5 Å². The van der Waals surface area contributed by atoms with Gasteiger partial charge in [-0.05, 0) is 33.3 Å². The Morgan fingerprint density at radius 3 is 2.42 bits per heavy atom. The highest BCUT2D eigenvalue weighted by atomic mass is 19.2. The normalized spacial score (nSPS) is 13.3. The second-order valence-corrected chi connectivity index (χ2v) is 5.30. The molecule has 4 heteroatoms. The quantitative estimate of drug-likeness (QED) is 0.766. The van der Waals surface area contributed by atoms with Crippen molar-refractivity contribution < 1.29 is 14.0 Å². The highest BCUT2D eigenvalue weighted by Gasteiger charge is 2.24. The first-order valence-corrected chi connectivity index (χ1v) is 6.21. The first-order valence-electron chi connectivity index (χ1n) is 6.21. The lowest BCUT2D eigenvalue weighted by Crippen LogP contribution is -2.35. The Morgan fingerprint density at radius 1 is 1.32 bits per heavy atom. The van der Waals surface area contributed by atoms with E-state index in [1.165, 1.54) is 0 Å². The average molecular weight is 265 g/mol. The van der Waals surface area contributed by atoms with Gasteiger partial charge < -0.3 is 4.74 Å². The number of hydrogen-bond acceptors (Lipinski definition) is 2. The molecule has 0 saturated carbocycles. The molecule has 0 bridgehead atoms. The van der Waals surface area contributed by atoms with Gasteiger partial charge in [-0.2, -0.15) is 0 Å². The van der Waals surface area contributed by atoms with Gasteiger partial charge in [-0.3, -0.25) is 0 Å². The third kappa shape index (κ3) is 5.55. The fourth-order valence-corrected chi connectivity index (χ4v) is 1.36. The molecule has 0 unspecified atom stereocenters. The zero-order valence-electron chi connectivity index (χ0n) is 11.8. The SMILES string of the molecule is C[C@H](C=Cc1ccccc1)N(F)C(=O)OC(C)(C)C. The van der Waals surface area contributed by atoms with Gasteiger partial charge in [0.15, 0.2) is 0 Å². The van der Waals surface area contributed by atoms with Gasteiger partial charge in [0.05, 0.1) is 6.04 Å². The van der Waals surface area contributed by atoms with Crippen molar-refractivity contribution in [1.29, 1.82) is 0 Å². The summed E-state index contributed by atoms with van der Waals surface area (Å²) >= 11 is 0. The molecular weight excluding hydrogens is 245 g/mol. The molecule has 1 rings (SSSR count). The maximum absolute atomic E-state index is 13.7. The van der Waals surface area contributed by atoms with Crippen molar-refractivity contribution >= 4 is 12.2 Å². The number of ether oxygens (including phenoxy) is 1. The number of benzene rings is 1. The summed E-state index contributed by atoms with van der Waals surface area (Å²) in [5, 5.41) is 0.0880. The number of hydrogen-bond donors (Lipinski definition) is 0. The van der Waals surface area contributed by atoms with E-state index in [1.807, 2.05) is 30.3 Å². The maximum Gasteiger partial charge on any atom is 0.439 e. The van der Waals surface area contributed by atoms with Crippen LogP contribution in [0.3, 0.4) is 0 Å². The standard InChI is InChI=1S/C15H20FNO2/c1-12(10-11-13-8-6-5-7-9-13)17(16)14(18)19-15(2,3)4/h5-12H,1-4H3/t12-/m1/s1. The monoisotopic (exact) mass is 265 g/mol. The zero-order chi connectivity index (χ0) is 14.5. The van der Waals surface area contributed by atoms with Gasteiger partial charge in [0.1, 0.15) is 5.60 Å². The van der Waals surface area contributed by atoms with E-state index >= 15 is 0 Å². The van der Waals surface area contributed by atoms with Crippen LogP contribution in [-0.2, 0) is 4.74 Å². The van der Waals surface area contributed by atoms with Crippen molar-refractivity contribution in [3.63, 3.8) is 0 Å². The minimum atomic E-state index is -0.974. The van der Waals surface area contributed by atoms with Gasteiger partial charge in [-0.1, -0.05) is 47.0 Å². The number of halogens is 1. The Labute approximate surface area is 113 Å². The molecule has 1 aromatic rings. The Kier molecular flexibility index (Phi) is 5.10. The lowest BCUT2D eigenvalue weighted by Gasteiger charge is -2.23. The Bertz CT molecular complexity index is 437. The van der Waals surface area contributed by atoms with Crippen LogP contribution in [0.25, 0.3) is 6.08 Å². The Balaban J connectivity index is 2.60. The molecule has 1 aromatic carbocycles. The summed E-state index contributed by atoms with van der Waals surface area (Å²) in [5.74, 6) is 0. The molecule has 0 radical (unpaired) electrons. The Hall–Kier alpha value is -1.84. The second-order valence-electron chi connectivity index (χ2n) is 5.30. The molecule has 0 aliphatic carbocycles. The molecule has 0 aliphatic rings. The van der Waals surface area contributed by atoms with Gasteiger partial charge >= 0.3 is 6.09 Å². The van der Waals surface area contributed by atoms with Gasteiger partial charge in [0.25, 0.3) is 0 Å². The van der Waals surface area contributed by atoms with E-state index in [2.05, 4.69) is 0 Å². The van der Waals surface area contributed by atoms with Crippen molar-refractivity contribution in [2.24, 2.45) is 0 Å². The van der Waals surface area contributed by atoms with Gasteiger partial charge in [-0.25, -0.2) is 4.79 Å². The van der Waals surface area contributed by atoms with E-state index in [0.717, 1.165) is 5.56 Å². The van der Waals surface area contributed by atoms with Crippen LogP contribution < -0.4 is 0 Å². The summed E-state index contributed by atoms with van der Waals surface area (Å²) in [6.45, 7) is 6.68. The van der Waals surface area contributed by atoms with E-state index < -0.39 is 17.7 Å². The summed E-state index contributed by atoms with van der Waals surface area (Å²) < 4.78 is 18.7. The van der Waals surface area contributed by atoms with E-state index in [0.29, 0.717) is 0 Å². The van der Waals surface area contributed by atoms with E-state index in [1.54, 1.807) is 39.8 Å². The first-order chi connectivity index (χ1) is 8.79. The molecule has 0 N–H and O–H groups in total. The smallest absolute Gasteiger partial charge is 0.439 e. The lowest BCUT2D eigenvalue weighted by atomic mass is 10.2. The third-order valence-corrected chi connectivity index (χ3v) is 2.29. The van der Waals surface area contributed by atoms with Crippen LogP contribution in [0.1, 0.15) is 33.3 Å². The second kappa shape index (κ2) is 6.36. The molecule has 1 amide bonds. The maximum atomic E-state index is 13.7. The Morgan fingerprint density at radius 2 is 1.89 bits per heavy atom. The van der Waals surface area contributed by atoms with E-state index in [-0.39, 0.29) is 5.12 Å². The van der Waals surface area contributed by atoms with Crippen molar-refractivity contribution in [1.82, 2.24) is 5.12 Å². The molecular formula is C15H20FNO2. The van der Waals surface area contributed by atoms with Gasteiger partial charge in [-0.15, -0.1) is 5.12 Å². The number of amides is 1. The number of carbonyl (C=O) groups is 1. The fraction of sp³-hybridized carbons (Fsp3) is 0.400. The molecule has 0 spiro atoms. The lowest BCUT2D eigenvalue weighted by molar-refractivity contribution is -0.0402. The van der Waals surface area contributed by atoms with Crippen LogP contribution in [-0.4, -0.2) is 22.9 Å². The predicted molar refractivity (Wildman–Crippen MR) is 74.1 cm³/mol. The van der Waals surface area contributed by atoms with Crippen LogP contribution in [0.15, 0.2) is 36.4 Å². The zero-order valence-corrected chi connectivity index (χ0v) is 11.8. The summed E-state index contributed by atoms with van der Waals surface area (Å²) in [7, 11) is 0. The van der Waals surface area contributed by atoms with Gasteiger partial charge in [0, 0.05) is 0 Å². The van der Waals surface area contributed by atoms with E-state index in [4.69, 9.17) is 4.74 Å². The summed E-state index contributed by atoms with van der Waals surface area (Å²) in [4.78, 5) is 11.5. The van der Waals surface area contributed by atoms with Gasteiger partial charge in [0.2, 0.25) is 0 Å². The number of rotatable bonds is 3. The van der Waals surface area contributed by atoms with Crippen molar-refractivity contribution in [3.05, 3.63) is 42.0 Å². The number of nitrogens with zero attached hydrogens (tertiary/aromatic N) is 1. The largest absolute Gasteiger partial charge is 0.442 e. The molecule has 104 valence electrons. The fourth-order valence-electron chi connectivity index (χ4n) is 1.36. The van der Waals surface area contributed by atoms with Crippen molar-refractivity contribution in [2.45, 2.75) is 39.3 Å². The average Bonchev–Trinajstić information content (AvgIpc) is 2.34. The van der Waals surface area contributed by atoms with Crippen LogP contribution in [0, 0.1) is 0 Å². The van der Waals surface area contributed by atoms with Crippen molar-refractivity contribution in [3.8, 4) is 0 Å². The molecule has 0 aromatic heterocycles. The first kappa shape index (κ1) is 15.2. The van der Waals surface area contributed by atoms with Crippen LogP contribution in [0.4, 0.5) is 9.28 Å². The molecule has 3 nitrogen and oxygen atoms in total.